The molecule has 0 spiro atoms. The summed E-state index contributed by atoms with van der Waals surface area (Å²) in [5.74, 6) is -1.49. The van der Waals surface area contributed by atoms with Crippen LogP contribution in [0.1, 0.15) is 31.2 Å². The van der Waals surface area contributed by atoms with Crippen molar-refractivity contribution in [3.05, 3.63) is 39.7 Å². The molecule has 114 valence electrons. The summed E-state index contributed by atoms with van der Waals surface area (Å²) in [7, 11) is 0. The van der Waals surface area contributed by atoms with Gasteiger partial charge in [0.25, 0.3) is 5.69 Å². The minimum absolute atomic E-state index is 0.0744. The van der Waals surface area contributed by atoms with Gasteiger partial charge in [0.05, 0.1) is 4.92 Å². The van der Waals surface area contributed by atoms with Gasteiger partial charge >= 0.3 is 5.97 Å². The van der Waals surface area contributed by atoms with Gasteiger partial charge < -0.3 is 5.11 Å². The standard InChI is InChI=1S/C14H17FN2O4/c15-11-5-6-12(17(20)21)10(8-11)9-16-7-3-1-2-4-13(16)14(18)19/h5-6,8,13H,1-4,7,9H2,(H,18,19). The number of nitrogens with zero attached hydrogens (tertiary/aromatic N) is 2. The molecule has 0 saturated carbocycles. The number of halogens is 1. The summed E-state index contributed by atoms with van der Waals surface area (Å²) in [4.78, 5) is 23.5. The lowest BCUT2D eigenvalue weighted by Crippen LogP contribution is -2.40. The van der Waals surface area contributed by atoms with E-state index < -0.39 is 22.8 Å². The first-order valence-corrected chi connectivity index (χ1v) is 6.88. The molecule has 21 heavy (non-hydrogen) atoms. The second kappa shape index (κ2) is 6.62. The smallest absolute Gasteiger partial charge is 0.320 e. The Kier molecular flexibility index (Phi) is 4.85. The number of hydrogen-bond donors (Lipinski definition) is 1. The van der Waals surface area contributed by atoms with E-state index in [1.54, 1.807) is 4.90 Å². The maximum absolute atomic E-state index is 13.3. The lowest BCUT2D eigenvalue weighted by atomic mass is 10.1. The molecule has 0 bridgehead atoms. The quantitative estimate of drug-likeness (QED) is 0.682. The summed E-state index contributed by atoms with van der Waals surface area (Å²) >= 11 is 0. The maximum atomic E-state index is 13.3. The van der Waals surface area contributed by atoms with Gasteiger partial charge in [-0.3, -0.25) is 19.8 Å². The second-order valence-electron chi connectivity index (χ2n) is 5.20. The van der Waals surface area contributed by atoms with Gasteiger partial charge in [-0.25, -0.2) is 4.39 Å². The molecule has 1 fully saturated rings. The number of carboxylic acids is 1. The van der Waals surface area contributed by atoms with E-state index in [4.69, 9.17) is 0 Å². The third kappa shape index (κ3) is 3.75. The first kappa shape index (κ1) is 15.4. The zero-order valence-corrected chi connectivity index (χ0v) is 11.5. The van der Waals surface area contributed by atoms with Crippen molar-refractivity contribution >= 4 is 11.7 Å². The van der Waals surface area contributed by atoms with Crippen molar-refractivity contribution < 1.29 is 19.2 Å². The first-order chi connectivity index (χ1) is 9.99. The molecular formula is C14H17FN2O4. The van der Waals surface area contributed by atoms with Crippen LogP contribution in [0.3, 0.4) is 0 Å². The highest BCUT2D eigenvalue weighted by Gasteiger charge is 2.29. The zero-order chi connectivity index (χ0) is 15.4. The van der Waals surface area contributed by atoms with E-state index in [1.165, 1.54) is 0 Å². The van der Waals surface area contributed by atoms with Gasteiger partial charge in [0.1, 0.15) is 11.9 Å². The average molecular weight is 296 g/mol. The SMILES string of the molecule is O=C(O)C1CCCCCN1Cc1cc(F)ccc1[N+](=O)[O-]. The van der Waals surface area contributed by atoms with Crippen LogP contribution in [0.2, 0.25) is 0 Å². The molecule has 1 unspecified atom stereocenters. The molecule has 1 N–H and O–H groups in total. The molecule has 1 aliphatic rings. The second-order valence-corrected chi connectivity index (χ2v) is 5.20. The lowest BCUT2D eigenvalue weighted by Gasteiger charge is -2.26. The van der Waals surface area contributed by atoms with Crippen LogP contribution in [-0.2, 0) is 11.3 Å². The lowest BCUT2D eigenvalue weighted by molar-refractivity contribution is -0.385. The van der Waals surface area contributed by atoms with Crippen LogP contribution >= 0.6 is 0 Å². The Bertz CT molecular complexity index is 550. The minimum Gasteiger partial charge on any atom is -0.480 e. The van der Waals surface area contributed by atoms with Gasteiger partial charge in [0.15, 0.2) is 0 Å². The average Bonchev–Trinajstić information content (AvgIpc) is 2.64. The van der Waals surface area contributed by atoms with Gasteiger partial charge in [-0.05, 0) is 31.5 Å². The summed E-state index contributed by atoms with van der Waals surface area (Å²) < 4.78 is 13.3. The fourth-order valence-electron chi connectivity index (χ4n) is 2.71. The van der Waals surface area contributed by atoms with Crippen LogP contribution in [0.25, 0.3) is 0 Å². The first-order valence-electron chi connectivity index (χ1n) is 6.88. The summed E-state index contributed by atoms with van der Waals surface area (Å²) in [6.07, 6.45) is 3.11. The van der Waals surface area contributed by atoms with Crippen LogP contribution in [0.5, 0.6) is 0 Å². The van der Waals surface area contributed by atoms with Crippen molar-refractivity contribution in [1.82, 2.24) is 4.90 Å². The Balaban J connectivity index is 2.27. The fourth-order valence-corrected chi connectivity index (χ4v) is 2.71. The highest BCUT2D eigenvalue weighted by Crippen LogP contribution is 2.25. The Morgan fingerprint density at radius 3 is 2.86 bits per heavy atom. The number of nitro groups is 1. The summed E-state index contributed by atoms with van der Waals surface area (Å²) in [5.41, 5.74) is 0.0398. The Morgan fingerprint density at radius 1 is 1.43 bits per heavy atom. The van der Waals surface area contributed by atoms with Gasteiger partial charge in [-0.15, -0.1) is 0 Å². The molecule has 1 aliphatic heterocycles. The van der Waals surface area contributed by atoms with Crippen molar-refractivity contribution in [3.63, 3.8) is 0 Å². The molecule has 2 rings (SSSR count). The molecule has 0 aliphatic carbocycles. The normalized spacial score (nSPS) is 20.0. The molecule has 7 heteroatoms. The van der Waals surface area contributed by atoms with Crippen LogP contribution in [0, 0.1) is 15.9 Å². The van der Waals surface area contributed by atoms with Gasteiger partial charge in [0, 0.05) is 18.2 Å². The Labute approximate surface area is 121 Å². The summed E-state index contributed by atoms with van der Waals surface area (Å²) in [6.45, 7) is 0.621. The molecule has 1 saturated heterocycles. The highest BCUT2D eigenvalue weighted by atomic mass is 19.1. The summed E-state index contributed by atoms with van der Waals surface area (Å²) in [5, 5.41) is 20.3. The van der Waals surface area contributed by atoms with E-state index in [-0.39, 0.29) is 17.8 Å². The van der Waals surface area contributed by atoms with Crippen LogP contribution in [0.4, 0.5) is 10.1 Å². The van der Waals surface area contributed by atoms with Crippen LogP contribution < -0.4 is 0 Å². The molecule has 6 nitrogen and oxygen atoms in total. The van der Waals surface area contributed by atoms with E-state index in [1.807, 2.05) is 0 Å². The number of carboxylic acid groups (broad SMARTS) is 1. The van der Waals surface area contributed by atoms with Gasteiger partial charge in [-0.1, -0.05) is 12.8 Å². The number of hydrogen-bond acceptors (Lipinski definition) is 4. The fraction of sp³-hybridized carbons (Fsp3) is 0.500. The number of rotatable bonds is 4. The largest absolute Gasteiger partial charge is 0.480 e. The molecule has 0 aromatic heterocycles. The number of nitro benzene ring substituents is 1. The predicted molar refractivity (Wildman–Crippen MR) is 73.4 cm³/mol. The molecule has 1 aromatic carbocycles. The molecule has 1 aromatic rings. The van der Waals surface area contributed by atoms with Gasteiger partial charge in [-0.2, -0.15) is 0 Å². The van der Waals surface area contributed by atoms with E-state index in [9.17, 15) is 24.4 Å². The monoisotopic (exact) mass is 296 g/mol. The van der Waals surface area contributed by atoms with E-state index in [2.05, 4.69) is 0 Å². The van der Waals surface area contributed by atoms with Crippen molar-refractivity contribution in [2.45, 2.75) is 38.3 Å². The number of carbonyl (C=O) groups is 1. The Morgan fingerprint density at radius 2 is 2.19 bits per heavy atom. The van der Waals surface area contributed by atoms with Crippen molar-refractivity contribution in [2.75, 3.05) is 6.54 Å². The van der Waals surface area contributed by atoms with Gasteiger partial charge in [0.2, 0.25) is 0 Å². The molecule has 0 radical (unpaired) electrons. The van der Waals surface area contributed by atoms with E-state index in [0.29, 0.717) is 13.0 Å². The highest BCUT2D eigenvalue weighted by molar-refractivity contribution is 5.73. The topological polar surface area (TPSA) is 83.7 Å². The molecule has 1 atom stereocenters. The van der Waals surface area contributed by atoms with Crippen LogP contribution in [-0.4, -0.2) is 33.5 Å². The predicted octanol–water partition coefficient (Wildman–Crippen LogP) is 2.56. The van der Waals surface area contributed by atoms with E-state index in [0.717, 1.165) is 37.5 Å². The van der Waals surface area contributed by atoms with Crippen molar-refractivity contribution in [1.29, 1.82) is 0 Å². The number of aliphatic carboxylic acids is 1. The third-order valence-electron chi connectivity index (χ3n) is 3.76. The molecule has 1 heterocycles. The van der Waals surface area contributed by atoms with Crippen LogP contribution in [0.15, 0.2) is 18.2 Å². The van der Waals surface area contributed by atoms with Crippen molar-refractivity contribution in [3.8, 4) is 0 Å². The molecule has 0 amide bonds. The van der Waals surface area contributed by atoms with Crippen molar-refractivity contribution in [2.24, 2.45) is 0 Å². The van der Waals surface area contributed by atoms with E-state index >= 15 is 0 Å². The number of benzene rings is 1. The Hall–Kier alpha value is -2.02. The summed E-state index contributed by atoms with van der Waals surface area (Å²) in [6, 6.07) is 2.61. The third-order valence-corrected chi connectivity index (χ3v) is 3.76. The number of likely N-dealkylation sites (tertiary alicyclic amines) is 1. The minimum atomic E-state index is -0.934. The zero-order valence-electron chi connectivity index (χ0n) is 11.5. The molecular weight excluding hydrogens is 279 g/mol. The maximum Gasteiger partial charge on any atom is 0.320 e.